The monoisotopic (exact) mass is 791 g/mol. The van der Waals surface area contributed by atoms with Crippen molar-refractivity contribution in [2.75, 3.05) is 31.1 Å². The molecule has 9 atom stereocenters. The molecule has 53 heavy (non-hydrogen) atoms. The molecule has 0 bridgehead atoms. The molecule has 0 aromatic heterocycles. The van der Waals surface area contributed by atoms with Crippen LogP contribution in [0, 0.1) is 5.92 Å². The SMILES string of the molecule is CC[C@H](C)[C@H](NC(=O)[C@H](CCCCN)NC(=O)[C@@H]1CCCN1C(=O)[C@@H](NC(=O)[C@H](CCCCN)NC(=O)[C@@H](N)CS)[C@@H](C)O)C(=O)N[C@@H](CS)C(=O)O. The lowest BCUT2D eigenvalue weighted by Gasteiger charge is -2.32. The number of hydrogen-bond donors (Lipinski definition) is 12. The van der Waals surface area contributed by atoms with Gasteiger partial charge in [0.2, 0.25) is 35.4 Å². The van der Waals surface area contributed by atoms with Crippen LogP contribution in [0.5, 0.6) is 0 Å². The van der Waals surface area contributed by atoms with Crippen LogP contribution >= 0.6 is 25.3 Å². The lowest BCUT2D eigenvalue weighted by Crippen LogP contribution is -2.61. The summed E-state index contributed by atoms with van der Waals surface area (Å²) in [5.41, 5.74) is 17.0. The number of carboxylic acid groups (broad SMARTS) is 1. The summed E-state index contributed by atoms with van der Waals surface area (Å²) < 4.78 is 0. The normalized spacial score (nSPS) is 18.7. The van der Waals surface area contributed by atoms with Crippen molar-refractivity contribution in [1.82, 2.24) is 31.5 Å². The topological polar surface area (TPSA) is 301 Å². The van der Waals surface area contributed by atoms with Crippen LogP contribution in [0.25, 0.3) is 0 Å². The summed E-state index contributed by atoms with van der Waals surface area (Å²) in [7, 11) is 0. The van der Waals surface area contributed by atoms with Gasteiger partial charge in [0.05, 0.1) is 12.1 Å². The van der Waals surface area contributed by atoms with E-state index in [-0.39, 0.29) is 37.3 Å². The molecule has 0 aromatic rings. The van der Waals surface area contributed by atoms with Crippen LogP contribution in [0.3, 0.4) is 0 Å². The minimum absolute atomic E-state index is 0.0309. The lowest BCUT2D eigenvalue weighted by atomic mass is 9.97. The van der Waals surface area contributed by atoms with E-state index in [0.717, 1.165) is 0 Å². The third-order valence-corrected chi connectivity index (χ3v) is 9.93. The number of aliphatic carboxylic acids is 1. The minimum Gasteiger partial charge on any atom is -0.480 e. The molecule has 0 radical (unpaired) electrons. The van der Waals surface area contributed by atoms with Crippen LogP contribution in [0.2, 0.25) is 0 Å². The number of nitrogens with two attached hydrogens (primary N) is 3. The fraction of sp³-hybridized carbons (Fsp3) is 0.788. The minimum atomic E-state index is -1.48. The molecule has 304 valence electrons. The summed E-state index contributed by atoms with van der Waals surface area (Å²) >= 11 is 8.01. The van der Waals surface area contributed by atoms with E-state index in [1.165, 1.54) is 11.8 Å². The van der Waals surface area contributed by atoms with Crippen molar-refractivity contribution in [3.05, 3.63) is 0 Å². The van der Waals surface area contributed by atoms with E-state index < -0.39 is 95.7 Å². The summed E-state index contributed by atoms with van der Waals surface area (Å²) in [6.07, 6.45) is 2.09. The Hall–Kier alpha value is -3.17. The Kier molecular flexibility index (Phi) is 22.6. The predicted molar refractivity (Wildman–Crippen MR) is 205 cm³/mol. The first kappa shape index (κ1) is 47.9. The Morgan fingerprint density at radius 2 is 1.28 bits per heavy atom. The number of thiol groups is 2. The average Bonchev–Trinajstić information content (AvgIpc) is 3.63. The van der Waals surface area contributed by atoms with E-state index in [1.54, 1.807) is 13.8 Å². The smallest absolute Gasteiger partial charge is 0.327 e. The molecule has 1 saturated heterocycles. The van der Waals surface area contributed by atoms with Gasteiger partial charge in [-0.1, -0.05) is 20.3 Å². The fourth-order valence-electron chi connectivity index (χ4n) is 5.68. The van der Waals surface area contributed by atoms with Gasteiger partial charge in [0.1, 0.15) is 36.3 Å². The number of nitrogens with one attached hydrogen (secondary N) is 5. The van der Waals surface area contributed by atoms with Gasteiger partial charge in [0.25, 0.3) is 0 Å². The molecule has 0 aliphatic carbocycles. The molecule has 18 nitrogen and oxygen atoms in total. The number of hydrogen-bond acceptors (Lipinski definition) is 13. The van der Waals surface area contributed by atoms with Crippen molar-refractivity contribution in [2.45, 2.75) is 127 Å². The fourth-order valence-corrected chi connectivity index (χ4v) is 6.09. The molecule has 6 amide bonds. The number of likely N-dealkylation sites (tertiary alicyclic amines) is 1. The molecule has 1 aliphatic heterocycles. The van der Waals surface area contributed by atoms with E-state index in [4.69, 9.17) is 17.2 Å². The molecule has 0 spiro atoms. The third-order valence-electron chi connectivity index (χ3n) is 9.17. The Balaban J connectivity index is 3.24. The zero-order chi connectivity index (χ0) is 40.2. The molecule has 1 fully saturated rings. The lowest BCUT2D eigenvalue weighted by molar-refractivity contribution is -0.144. The summed E-state index contributed by atoms with van der Waals surface area (Å²) in [6, 6.07) is -8.15. The number of rotatable bonds is 25. The van der Waals surface area contributed by atoms with Gasteiger partial charge >= 0.3 is 5.97 Å². The molecule has 0 saturated carbocycles. The van der Waals surface area contributed by atoms with Crippen molar-refractivity contribution >= 4 is 66.7 Å². The largest absolute Gasteiger partial charge is 0.480 e. The Morgan fingerprint density at radius 1 is 0.755 bits per heavy atom. The molecule has 0 unspecified atom stereocenters. The van der Waals surface area contributed by atoms with E-state index >= 15 is 0 Å². The van der Waals surface area contributed by atoms with E-state index in [2.05, 4.69) is 51.8 Å². The number of nitrogens with zero attached hydrogens (tertiary/aromatic N) is 1. The predicted octanol–water partition coefficient (Wildman–Crippen LogP) is -2.64. The second-order valence-corrected chi connectivity index (χ2v) is 14.1. The van der Waals surface area contributed by atoms with Gasteiger partial charge in [-0.25, -0.2) is 4.79 Å². The molecule has 0 aromatic carbocycles. The van der Waals surface area contributed by atoms with Crippen LogP contribution < -0.4 is 43.8 Å². The number of unbranched alkanes of at least 4 members (excludes halogenated alkanes) is 2. The van der Waals surface area contributed by atoms with Gasteiger partial charge in [-0.3, -0.25) is 28.8 Å². The zero-order valence-electron chi connectivity index (χ0n) is 30.9. The number of carboxylic acids is 1. The van der Waals surface area contributed by atoms with Crippen molar-refractivity contribution in [3.8, 4) is 0 Å². The summed E-state index contributed by atoms with van der Waals surface area (Å²) in [4.78, 5) is 93.1. The Bertz CT molecular complexity index is 1230. The highest BCUT2D eigenvalue weighted by molar-refractivity contribution is 7.80. The van der Waals surface area contributed by atoms with Crippen LogP contribution in [0.4, 0.5) is 0 Å². The zero-order valence-corrected chi connectivity index (χ0v) is 32.7. The number of carbonyl (C=O) groups is 7. The molecular weight excluding hydrogens is 731 g/mol. The highest BCUT2D eigenvalue weighted by Crippen LogP contribution is 2.21. The second-order valence-electron chi connectivity index (χ2n) is 13.4. The maximum atomic E-state index is 13.9. The van der Waals surface area contributed by atoms with Crippen molar-refractivity contribution in [2.24, 2.45) is 23.1 Å². The first-order valence-corrected chi connectivity index (χ1v) is 19.4. The van der Waals surface area contributed by atoms with Crippen LogP contribution in [-0.2, 0) is 33.6 Å². The van der Waals surface area contributed by atoms with Gasteiger partial charge in [0, 0.05) is 18.1 Å². The van der Waals surface area contributed by atoms with Crippen LogP contribution in [-0.4, -0.2) is 136 Å². The first-order chi connectivity index (χ1) is 25.1. The summed E-state index contributed by atoms with van der Waals surface area (Å²) in [5, 5.41) is 32.9. The quantitative estimate of drug-likeness (QED) is 0.0334. The van der Waals surface area contributed by atoms with Gasteiger partial charge < -0.3 is 58.9 Å². The van der Waals surface area contributed by atoms with E-state index in [1.807, 2.05) is 0 Å². The van der Waals surface area contributed by atoms with Crippen molar-refractivity contribution < 1.29 is 43.8 Å². The first-order valence-electron chi connectivity index (χ1n) is 18.2. The van der Waals surface area contributed by atoms with Crippen LogP contribution in [0.1, 0.15) is 78.6 Å². The molecule has 13 N–H and O–H groups in total. The van der Waals surface area contributed by atoms with Gasteiger partial charge in [-0.15, -0.1) is 0 Å². The second kappa shape index (κ2) is 25.0. The molecule has 1 rings (SSSR count). The number of aliphatic hydroxyl groups is 1. The van der Waals surface area contributed by atoms with Crippen molar-refractivity contribution in [3.63, 3.8) is 0 Å². The maximum absolute atomic E-state index is 13.9. The highest BCUT2D eigenvalue weighted by Gasteiger charge is 2.41. The van der Waals surface area contributed by atoms with Crippen LogP contribution in [0.15, 0.2) is 0 Å². The van der Waals surface area contributed by atoms with Gasteiger partial charge in [-0.2, -0.15) is 25.3 Å². The van der Waals surface area contributed by atoms with Gasteiger partial charge in [-0.05, 0) is 77.3 Å². The molecule has 20 heteroatoms. The standard InChI is InChI=1S/C33H61N9O9S2/c1-4-18(2)25(31(48)39-23(17-53)33(50)51)40-28(45)22(11-6-8-14-35)38-30(47)24-12-9-15-42(24)32(49)26(19(3)43)41-29(46)21(10-5-7-13-34)37-27(44)20(36)16-52/h18-26,43,52-53H,4-17,34-36H2,1-3H3,(H,37,44)(H,38,47)(H,39,48)(H,40,45)(H,41,46)(H,50,51)/t18-,19+,20-,21-,22-,23-,24-,25-,26-/m0/s1. The summed E-state index contributed by atoms with van der Waals surface area (Å²) in [5.74, 6) is -5.98. The maximum Gasteiger partial charge on any atom is 0.327 e. The van der Waals surface area contributed by atoms with Gasteiger partial charge in [0.15, 0.2) is 0 Å². The Labute approximate surface area is 322 Å². The van der Waals surface area contributed by atoms with E-state index in [9.17, 15) is 43.8 Å². The number of amides is 6. The van der Waals surface area contributed by atoms with Crippen molar-refractivity contribution in [1.29, 1.82) is 0 Å². The third kappa shape index (κ3) is 15.6. The van der Waals surface area contributed by atoms with E-state index in [0.29, 0.717) is 51.6 Å². The average molecular weight is 792 g/mol. The highest BCUT2D eigenvalue weighted by atomic mass is 32.1. The number of carbonyl (C=O) groups excluding carboxylic acids is 6. The molecular formula is C33H61N9O9S2. The summed E-state index contributed by atoms with van der Waals surface area (Å²) in [6.45, 7) is 5.64. The number of aliphatic hydroxyl groups excluding tert-OH is 1. The molecule has 1 heterocycles. The molecule has 1 aliphatic rings. The Morgan fingerprint density at radius 3 is 1.75 bits per heavy atom.